The van der Waals surface area contributed by atoms with Gasteiger partial charge in [-0.1, -0.05) is 43.1 Å². The molecule has 0 radical (unpaired) electrons. The Morgan fingerprint density at radius 3 is 2.76 bits per heavy atom. The highest BCUT2D eigenvalue weighted by Gasteiger charge is 2.40. The predicted molar refractivity (Wildman–Crippen MR) is 92.9 cm³/mol. The third-order valence-corrected chi connectivity index (χ3v) is 5.38. The van der Waals surface area contributed by atoms with E-state index in [4.69, 9.17) is 4.74 Å². The second kappa shape index (κ2) is 7.15. The molecule has 2 unspecified atom stereocenters. The zero-order valence-electron chi connectivity index (χ0n) is 13.7. The van der Waals surface area contributed by atoms with Gasteiger partial charge < -0.3 is 10.1 Å². The minimum Gasteiger partial charge on any atom is -0.496 e. The third-order valence-electron chi connectivity index (χ3n) is 4.88. The van der Waals surface area contributed by atoms with E-state index in [1.54, 1.807) is 7.11 Å². The zero-order valence-corrected chi connectivity index (χ0v) is 15.3. The van der Waals surface area contributed by atoms with Gasteiger partial charge in [-0.15, -0.1) is 0 Å². The van der Waals surface area contributed by atoms with E-state index < -0.39 is 0 Å². The number of hydrogen-bond donors (Lipinski definition) is 1. The lowest BCUT2D eigenvalue weighted by Gasteiger charge is -2.36. The highest BCUT2D eigenvalue weighted by Crippen LogP contribution is 2.50. The number of ether oxygens (including phenoxy) is 1. The standard InChI is InChI=1S/C18H28BrNO/c1-5-11-20-17(15-7-6-10-18(15,2)3)14-12-13(19)8-9-16(14)21-4/h8-9,12,15,17,20H,5-7,10-11H2,1-4H3. The minimum absolute atomic E-state index is 0.370. The van der Waals surface area contributed by atoms with Crippen LogP contribution in [0.2, 0.25) is 0 Å². The molecule has 1 N–H and O–H groups in total. The van der Waals surface area contributed by atoms with E-state index in [1.165, 1.54) is 24.8 Å². The summed E-state index contributed by atoms with van der Waals surface area (Å²) >= 11 is 3.62. The van der Waals surface area contributed by atoms with Crippen LogP contribution in [0.1, 0.15) is 58.1 Å². The monoisotopic (exact) mass is 353 g/mol. The first-order chi connectivity index (χ1) is 9.99. The number of halogens is 1. The first-order valence-corrected chi connectivity index (χ1v) is 8.85. The smallest absolute Gasteiger partial charge is 0.123 e. The van der Waals surface area contributed by atoms with Gasteiger partial charge in [0.1, 0.15) is 5.75 Å². The second-order valence-electron chi connectivity index (χ2n) is 6.81. The van der Waals surface area contributed by atoms with E-state index in [2.05, 4.69) is 60.2 Å². The van der Waals surface area contributed by atoms with Gasteiger partial charge in [0.15, 0.2) is 0 Å². The molecule has 1 saturated carbocycles. The van der Waals surface area contributed by atoms with Crippen LogP contribution in [0.25, 0.3) is 0 Å². The summed E-state index contributed by atoms with van der Waals surface area (Å²) in [6.07, 6.45) is 5.10. The summed E-state index contributed by atoms with van der Waals surface area (Å²) in [4.78, 5) is 0. The Balaban J connectivity index is 2.38. The topological polar surface area (TPSA) is 21.3 Å². The first kappa shape index (κ1) is 16.8. The fourth-order valence-electron chi connectivity index (χ4n) is 3.69. The molecule has 1 fully saturated rings. The Labute approximate surface area is 137 Å². The Hall–Kier alpha value is -0.540. The summed E-state index contributed by atoms with van der Waals surface area (Å²) in [5.41, 5.74) is 1.68. The van der Waals surface area contributed by atoms with Crippen molar-refractivity contribution in [3.8, 4) is 5.75 Å². The normalized spacial score (nSPS) is 22.2. The van der Waals surface area contributed by atoms with Crippen molar-refractivity contribution >= 4 is 15.9 Å². The van der Waals surface area contributed by atoms with E-state index >= 15 is 0 Å². The van der Waals surface area contributed by atoms with Crippen molar-refractivity contribution in [2.45, 2.75) is 52.5 Å². The number of benzene rings is 1. The highest BCUT2D eigenvalue weighted by atomic mass is 79.9. The van der Waals surface area contributed by atoms with E-state index in [1.807, 2.05) is 0 Å². The van der Waals surface area contributed by atoms with Gasteiger partial charge in [0, 0.05) is 16.1 Å². The molecule has 0 bridgehead atoms. The number of rotatable bonds is 6. The summed E-state index contributed by atoms with van der Waals surface area (Å²) in [5.74, 6) is 1.65. The molecule has 0 aromatic heterocycles. The van der Waals surface area contributed by atoms with Crippen LogP contribution < -0.4 is 10.1 Å². The van der Waals surface area contributed by atoms with Gasteiger partial charge in [-0.05, 0) is 55.3 Å². The summed E-state index contributed by atoms with van der Waals surface area (Å²) in [5, 5.41) is 3.78. The number of hydrogen-bond acceptors (Lipinski definition) is 2. The van der Waals surface area contributed by atoms with Crippen LogP contribution in [0, 0.1) is 11.3 Å². The van der Waals surface area contributed by atoms with Gasteiger partial charge in [-0.25, -0.2) is 0 Å². The van der Waals surface area contributed by atoms with Crippen molar-refractivity contribution < 1.29 is 4.74 Å². The molecule has 0 spiro atoms. The molecule has 1 aliphatic carbocycles. The lowest BCUT2D eigenvalue weighted by molar-refractivity contribution is 0.195. The van der Waals surface area contributed by atoms with Crippen molar-refractivity contribution in [3.63, 3.8) is 0 Å². The molecule has 118 valence electrons. The predicted octanol–water partition coefficient (Wildman–Crippen LogP) is 5.32. The molecular formula is C18H28BrNO. The summed E-state index contributed by atoms with van der Waals surface area (Å²) < 4.78 is 6.75. The van der Waals surface area contributed by atoms with Gasteiger partial charge in [-0.2, -0.15) is 0 Å². The first-order valence-electron chi connectivity index (χ1n) is 8.06. The maximum Gasteiger partial charge on any atom is 0.123 e. The quantitative estimate of drug-likeness (QED) is 0.746. The van der Waals surface area contributed by atoms with Crippen LogP contribution in [-0.2, 0) is 0 Å². The Bertz CT molecular complexity index is 472. The molecule has 0 aliphatic heterocycles. The maximum atomic E-state index is 5.63. The molecule has 3 heteroatoms. The van der Waals surface area contributed by atoms with Gasteiger partial charge in [0.25, 0.3) is 0 Å². The van der Waals surface area contributed by atoms with Gasteiger partial charge in [0.05, 0.1) is 7.11 Å². The van der Waals surface area contributed by atoms with Crippen molar-refractivity contribution in [2.24, 2.45) is 11.3 Å². The molecular weight excluding hydrogens is 326 g/mol. The van der Waals surface area contributed by atoms with Crippen LogP contribution in [0.15, 0.2) is 22.7 Å². The highest BCUT2D eigenvalue weighted by molar-refractivity contribution is 9.10. The Kier molecular flexibility index (Phi) is 5.73. The van der Waals surface area contributed by atoms with Gasteiger partial charge in [0.2, 0.25) is 0 Å². The lowest BCUT2D eigenvalue weighted by Crippen LogP contribution is -2.34. The lowest BCUT2D eigenvalue weighted by atomic mass is 9.75. The molecule has 0 amide bonds. The number of nitrogens with one attached hydrogen (secondary N) is 1. The van der Waals surface area contributed by atoms with Crippen molar-refractivity contribution in [2.75, 3.05) is 13.7 Å². The van der Waals surface area contributed by atoms with Crippen LogP contribution in [0.5, 0.6) is 5.75 Å². The molecule has 0 saturated heterocycles. The van der Waals surface area contributed by atoms with Gasteiger partial charge in [-0.3, -0.25) is 0 Å². The molecule has 2 atom stereocenters. The molecule has 1 aromatic rings. The van der Waals surface area contributed by atoms with E-state index in [0.717, 1.165) is 23.2 Å². The largest absolute Gasteiger partial charge is 0.496 e. The molecule has 1 aromatic carbocycles. The molecule has 0 heterocycles. The SMILES string of the molecule is CCCNC(c1cc(Br)ccc1OC)C1CCCC1(C)C. The maximum absolute atomic E-state index is 5.63. The minimum atomic E-state index is 0.370. The molecule has 2 nitrogen and oxygen atoms in total. The molecule has 1 aliphatic rings. The van der Waals surface area contributed by atoms with Crippen LogP contribution >= 0.6 is 15.9 Å². The van der Waals surface area contributed by atoms with E-state index in [9.17, 15) is 0 Å². The summed E-state index contributed by atoms with van der Waals surface area (Å²) in [6.45, 7) is 8.10. The Morgan fingerprint density at radius 1 is 1.43 bits per heavy atom. The van der Waals surface area contributed by atoms with Crippen molar-refractivity contribution in [3.05, 3.63) is 28.2 Å². The average Bonchev–Trinajstić information content (AvgIpc) is 2.79. The summed E-state index contributed by atoms with van der Waals surface area (Å²) in [7, 11) is 1.77. The number of methoxy groups -OCH3 is 1. The fourth-order valence-corrected chi connectivity index (χ4v) is 4.07. The molecule has 2 rings (SSSR count). The van der Waals surface area contributed by atoms with Crippen molar-refractivity contribution in [1.29, 1.82) is 0 Å². The Morgan fingerprint density at radius 2 is 2.19 bits per heavy atom. The van der Waals surface area contributed by atoms with E-state index in [0.29, 0.717) is 17.4 Å². The third kappa shape index (κ3) is 3.81. The average molecular weight is 354 g/mol. The second-order valence-corrected chi connectivity index (χ2v) is 7.72. The van der Waals surface area contributed by atoms with Crippen LogP contribution in [0.4, 0.5) is 0 Å². The summed E-state index contributed by atoms with van der Waals surface area (Å²) in [6, 6.07) is 6.72. The van der Waals surface area contributed by atoms with Gasteiger partial charge >= 0.3 is 0 Å². The van der Waals surface area contributed by atoms with E-state index in [-0.39, 0.29) is 0 Å². The fraction of sp³-hybridized carbons (Fsp3) is 0.667. The zero-order chi connectivity index (χ0) is 15.5. The van der Waals surface area contributed by atoms with Crippen LogP contribution in [0.3, 0.4) is 0 Å². The van der Waals surface area contributed by atoms with Crippen molar-refractivity contribution in [1.82, 2.24) is 5.32 Å². The molecule has 21 heavy (non-hydrogen) atoms. The van der Waals surface area contributed by atoms with Crippen LogP contribution in [-0.4, -0.2) is 13.7 Å².